The molecule has 2 rings (SSSR count). The van der Waals surface area contributed by atoms with Gasteiger partial charge in [0.15, 0.2) is 18.1 Å². The number of benzene rings is 2. The molecule has 0 aliphatic carbocycles. The molecule has 0 aromatic heterocycles. The number of carbonyl (C=O) groups excluding carboxylic acids is 3. The molecule has 0 fully saturated rings. The number of carbonyl (C=O) groups is 3. The van der Waals surface area contributed by atoms with Gasteiger partial charge in [-0.25, -0.2) is 4.79 Å². The zero-order valence-electron chi connectivity index (χ0n) is 17.3. The van der Waals surface area contributed by atoms with E-state index in [1.54, 1.807) is 61.5 Å². The van der Waals surface area contributed by atoms with Gasteiger partial charge >= 0.3 is 5.97 Å². The maximum absolute atomic E-state index is 12.2. The van der Waals surface area contributed by atoms with E-state index in [4.69, 9.17) is 19.9 Å². The van der Waals surface area contributed by atoms with Crippen LogP contribution in [0.4, 0.5) is 5.69 Å². The molecule has 0 aliphatic rings. The molecule has 162 valence electrons. The van der Waals surface area contributed by atoms with E-state index in [2.05, 4.69) is 5.32 Å². The summed E-state index contributed by atoms with van der Waals surface area (Å²) in [6.07, 6.45) is 5.98. The van der Waals surface area contributed by atoms with Crippen LogP contribution in [0.25, 0.3) is 12.2 Å². The quantitative estimate of drug-likeness (QED) is 0.447. The Labute approximate surface area is 180 Å². The van der Waals surface area contributed by atoms with Crippen molar-refractivity contribution in [3.05, 3.63) is 65.7 Å². The van der Waals surface area contributed by atoms with Gasteiger partial charge in [0, 0.05) is 17.8 Å². The van der Waals surface area contributed by atoms with Crippen molar-refractivity contribution in [2.75, 3.05) is 25.6 Å². The summed E-state index contributed by atoms with van der Waals surface area (Å²) >= 11 is 0. The Bertz CT molecular complexity index is 980. The number of hydrogen-bond acceptors (Lipinski definition) is 6. The SMILES string of the molecule is CCOC(=O)/C=C/c1ccc(NC(=O)/C=C/c2ccc(OCC(N)=O)c(OC)c2)cc1. The summed E-state index contributed by atoms with van der Waals surface area (Å²) in [4.78, 5) is 34.4. The largest absolute Gasteiger partial charge is 0.493 e. The topological polar surface area (TPSA) is 117 Å². The highest BCUT2D eigenvalue weighted by Crippen LogP contribution is 2.28. The molecule has 2 aromatic carbocycles. The highest BCUT2D eigenvalue weighted by molar-refractivity contribution is 6.02. The minimum absolute atomic E-state index is 0.259. The number of amides is 2. The maximum Gasteiger partial charge on any atom is 0.330 e. The number of ether oxygens (including phenoxy) is 3. The molecule has 0 spiro atoms. The Kier molecular flexibility index (Phi) is 8.85. The fourth-order valence-corrected chi connectivity index (χ4v) is 2.44. The van der Waals surface area contributed by atoms with Crippen molar-refractivity contribution in [1.29, 1.82) is 0 Å². The lowest BCUT2D eigenvalue weighted by Gasteiger charge is -2.10. The van der Waals surface area contributed by atoms with Gasteiger partial charge in [-0.1, -0.05) is 18.2 Å². The molecule has 0 heterocycles. The second-order valence-electron chi connectivity index (χ2n) is 6.20. The van der Waals surface area contributed by atoms with E-state index in [1.165, 1.54) is 19.3 Å². The standard InChI is InChI=1S/C23H24N2O6/c1-3-30-23(28)13-8-16-4-9-18(10-5-16)25-22(27)12-7-17-6-11-19(20(14-17)29-2)31-15-21(24)26/h4-14H,3,15H2,1-2H3,(H2,24,26)(H,25,27)/b12-7+,13-8+. The first-order valence-corrected chi connectivity index (χ1v) is 9.44. The van der Waals surface area contributed by atoms with Gasteiger partial charge in [0.05, 0.1) is 13.7 Å². The molecule has 0 saturated carbocycles. The maximum atomic E-state index is 12.2. The van der Waals surface area contributed by atoms with Crippen LogP contribution in [0.15, 0.2) is 54.6 Å². The molecule has 8 nitrogen and oxygen atoms in total. The highest BCUT2D eigenvalue weighted by Gasteiger charge is 2.06. The van der Waals surface area contributed by atoms with Gasteiger partial charge in [0.1, 0.15) is 0 Å². The summed E-state index contributed by atoms with van der Waals surface area (Å²) in [5, 5.41) is 2.75. The summed E-state index contributed by atoms with van der Waals surface area (Å²) in [5.74, 6) is -0.530. The van der Waals surface area contributed by atoms with E-state index in [-0.39, 0.29) is 12.5 Å². The predicted molar refractivity (Wildman–Crippen MR) is 117 cm³/mol. The van der Waals surface area contributed by atoms with E-state index in [0.29, 0.717) is 29.4 Å². The Balaban J connectivity index is 1.96. The Morgan fingerprint density at radius 2 is 1.65 bits per heavy atom. The van der Waals surface area contributed by atoms with Crippen LogP contribution in [-0.4, -0.2) is 38.1 Å². The first-order chi connectivity index (χ1) is 14.9. The van der Waals surface area contributed by atoms with Crippen LogP contribution in [0.5, 0.6) is 11.5 Å². The third-order valence-electron chi connectivity index (χ3n) is 3.86. The van der Waals surface area contributed by atoms with Crippen molar-refractivity contribution in [2.24, 2.45) is 5.73 Å². The fraction of sp³-hybridized carbons (Fsp3) is 0.174. The predicted octanol–water partition coefficient (Wildman–Crippen LogP) is 2.79. The van der Waals surface area contributed by atoms with E-state index in [0.717, 1.165) is 5.56 Å². The Morgan fingerprint density at radius 3 is 2.29 bits per heavy atom. The summed E-state index contributed by atoms with van der Waals surface area (Å²) in [7, 11) is 1.47. The summed E-state index contributed by atoms with van der Waals surface area (Å²) in [6.45, 7) is 1.80. The molecule has 0 radical (unpaired) electrons. The molecular weight excluding hydrogens is 400 g/mol. The van der Waals surface area contributed by atoms with Crippen LogP contribution < -0.4 is 20.5 Å². The second kappa shape index (κ2) is 11.8. The molecule has 0 unspecified atom stereocenters. The highest BCUT2D eigenvalue weighted by atomic mass is 16.5. The molecule has 0 saturated heterocycles. The second-order valence-corrected chi connectivity index (χ2v) is 6.20. The van der Waals surface area contributed by atoms with Crippen molar-refractivity contribution in [3.63, 3.8) is 0 Å². The third kappa shape index (κ3) is 8.06. The van der Waals surface area contributed by atoms with E-state index in [9.17, 15) is 14.4 Å². The van der Waals surface area contributed by atoms with Gasteiger partial charge in [0.25, 0.3) is 5.91 Å². The van der Waals surface area contributed by atoms with Crippen molar-refractivity contribution < 1.29 is 28.6 Å². The molecule has 3 N–H and O–H groups in total. The smallest absolute Gasteiger partial charge is 0.330 e. The zero-order chi connectivity index (χ0) is 22.6. The number of nitrogens with two attached hydrogens (primary N) is 1. The molecule has 2 aromatic rings. The normalized spacial score (nSPS) is 10.8. The summed E-state index contributed by atoms with van der Waals surface area (Å²) in [5.41, 5.74) is 7.18. The molecule has 0 aliphatic heterocycles. The number of primary amides is 1. The van der Waals surface area contributed by atoms with E-state index in [1.807, 2.05) is 0 Å². The van der Waals surface area contributed by atoms with Crippen molar-refractivity contribution in [2.45, 2.75) is 6.92 Å². The van der Waals surface area contributed by atoms with Gasteiger partial charge in [-0.15, -0.1) is 0 Å². The molecule has 8 heteroatoms. The fourth-order valence-electron chi connectivity index (χ4n) is 2.44. The Hall–Kier alpha value is -4.07. The zero-order valence-corrected chi connectivity index (χ0v) is 17.3. The summed E-state index contributed by atoms with van der Waals surface area (Å²) in [6, 6.07) is 12.0. The molecular formula is C23H24N2O6. The van der Waals surface area contributed by atoms with Crippen LogP contribution in [0.2, 0.25) is 0 Å². The number of esters is 1. The average molecular weight is 424 g/mol. The molecule has 31 heavy (non-hydrogen) atoms. The monoisotopic (exact) mass is 424 g/mol. The van der Waals surface area contributed by atoms with Crippen LogP contribution >= 0.6 is 0 Å². The van der Waals surface area contributed by atoms with Crippen LogP contribution in [0, 0.1) is 0 Å². The molecule has 0 bridgehead atoms. The summed E-state index contributed by atoms with van der Waals surface area (Å²) < 4.78 is 15.3. The first-order valence-electron chi connectivity index (χ1n) is 9.44. The Morgan fingerprint density at radius 1 is 0.968 bits per heavy atom. The first kappa shape index (κ1) is 23.2. The minimum atomic E-state index is -0.592. The number of nitrogens with one attached hydrogen (secondary N) is 1. The molecule has 2 amide bonds. The number of hydrogen-bond donors (Lipinski definition) is 2. The van der Waals surface area contributed by atoms with Crippen LogP contribution in [0.3, 0.4) is 0 Å². The van der Waals surface area contributed by atoms with Gasteiger partial charge in [-0.2, -0.15) is 0 Å². The van der Waals surface area contributed by atoms with Crippen molar-refractivity contribution >= 4 is 35.6 Å². The molecule has 0 atom stereocenters. The van der Waals surface area contributed by atoms with Crippen LogP contribution in [-0.2, 0) is 19.1 Å². The van der Waals surface area contributed by atoms with Gasteiger partial charge < -0.3 is 25.3 Å². The average Bonchev–Trinajstić information content (AvgIpc) is 2.76. The van der Waals surface area contributed by atoms with E-state index < -0.39 is 11.9 Å². The lowest BCUT2D eigenvalue weighted by Crippen LogP contribution is -2.20. The van der Waals surface area contributed by atoms with Crippen molar-refractivity contribution in [3.8, 4) is 11.5 Å². The lowest BCUT2D eigenvalue weighted by molar-refractivity contribution is -0.137. The lowest BCUT2D eigenvalue weighted by atomic mass is 10.1. The minimum Gasteiger partial charge on any atom is -0.493 e. The van der Waals surface area contributed by atoms with E-state index >= 15 is 0 Å². The number of rotatable bonds is 10. The van der Waals surface area contributed by atoms with Gasteiger partial charge in [-0.05, 0) is 54.5 Å². The third-order valence-corrected chi connectivity index (χ3v) is 3.86. The van der Waals surface area contributed by atoms with Crippen molar-refractivity contribution in [1.82, 2.24) is 0 Å². The van der Waals surface area contributed by atoms with Gasteiger partial charge in [-0.3, -0.25) is 9.59 Å². The number of methoxy groups -OCH3 is 1. The number of anilines is 1. The van der Waals surface area contributed by atoms with Crippen LogP contribution in [0.1, 0.15) is 18.1 Å². The van der Waals surface area contributed by atoms with Gasteiger partial charge in [0.2, 0.25) is 5.91 Å².